The number of benzene rings is 2. The Hall–Kier alpha value is -3.86. The number of nitrogens with one attached hydrogen (secondary N) is 1. The highest BCUT2D eigenvalue weighted by atomic mass is 19.1. The molecule has 0 bridgehead atoms. The number of carbonyl (C=O) groups excluding carboxylic acids is 1. The molecule has 29 heavy (non-hydrogen) atoms. The van der Waals surface area contributed by atoms with Crippen LogP contribution in [0.15, 0.2) is 60.9 Å². The van der Waals surface area contributed by atoms with Crippen LogP contribution >= 0.6 is 0 Å². The third-order valence-electron chi connectivity index (χ3n) is 4.76. The molecule has 1 aliphatic rings. The highest BCUT2D eigenvalue weighted by molar-refractivity contribution is 5.89. The lowest BCUT2D eigenvalue weighted by molar-refractivity contribution is 0.220. The van der Waals surface area contributed by atoms with Crippen LogP contribution in [0.5, 0.6) is 11.5 Å². The number of aromatic nitrogens is 2. The summed E-state index contributed by atoms with van der Waals surface area (Å²) in [6.45, 7) is 1.15. The summed E-state index contributed by atoms with van der Waals surface area (Å²) in [5, 5.41) is 16.0. The predicted octanol–water partition coefficient (Wildman–Crippen LogP) is 4.17. The van der Waals surface area contributed by atoms with Crippen molar-refractivity contribution in [2.75, 3.05) is 18.4 Å². The Morgan fingerprint density at radius 2 is 2.10 bits per heavy atom. The van der Waals surface area contributed by atoms with Crippen LogP contribution in [-0.4, -0.2) is 33.8 Å². The first kappa shape index (κ1) is 18.5. The molecule has 2 aromatic carbocycles. The zero-order valence-electron chi connectivity index (χ0n) is 15.5. The van der Waals surface area contributed by atoms with Gasteiger partial charge in [-0.25, -0.2) is 9.18 Å². The maximum Gasteiger partial charge on any atom is 0.321 e. The summed E-state index contributed by atoms with van der Waals surface area (Å²) < 4.78 is 21.8. The van der Waals surface area contributed by atoms with Crippen LogP contribution in [0.4, 0.5) is 14.9 Å². The minimum Gasteiger partial charge on any atom is -0.453 e. The summed E-state index contributed by atoms with van der Waals surface area (Å²) in [6.07, 6.45) is 4.41. The molecular weight excluding hydrogens is 373 g/mol. The van der Waals surface area contributed by atoms with E-state index in [0.717, 1.165) is 6.42 Å². The van der Waals surface area contributed by atoms with Gasteiger partial charge in [-0.05, 0) is 36.8 Å². The maximum atomic E-state index is 14.5. The summed E-state index contributed by atoms with van der Waals surface area (Å²) in [5.74, 6) is -0.385. The molecule has 0 radical (unpaired) electrons. The number of para-hydroxylation sites is 1. The lowest BCUT2D eigenvalue weighted by Crippen LogP contribution is -2.33. The lowest BCUT2D eigenvalue weighted by Gasteiger charge is -2.18. The molecule has 8 heteroatoms. The van der Waals surface area contributed by atoms with E-state index in [-0.39, 0.29) is 23.6 Å². The van der Waals surface area contributed by atoms with Crippen molar-refractivity contribution in [1.82, 2.24) is 14.7 Å². The number of amides is 2. The number of urea groups is 1. The third kappa shape index (κ3) is 4.04. The van der Waals surface area contributed by atoms with Crippen LogP contribution in [0, 0.1) is 17.1 Å². The van der Waals surface area contributed by atoms with Crippen LogP contribution in [0.3, 0.4) is 0 Å². The molecule has 0 aliphatic carbocycles. The molecule has 1 unspecified atom stereocenters. The van der Waals surface area contributed by atoms with Gasteiger partial charge < -0.3 is 15.0 Å². The molecule has 2 amide bonds. The van der Waals surface area contributed by atoms with E-state index in [1.807, 2.05) is 23.0 Å². The first-order chi connectivity index (χ1) is 14.1. The fourth-order valence-electron chi connectivity index (χ4n) is 3.27. The fourth-order valence-corrected chi connectivity index (χ4v) is 3.27. The third-order valence-corrected chi connectivity index (χ3v) is 4.76. The normalized spacial score (nSPS) is 15.7. The van der Waals surface area contributed by atoms with Gasteiger partial charge in [-0.3, -0.25) is 4.68 Å². The Labute approximate surface area is 166 Å². The molecule has 7 nitrogen and oxygen atoms in total. The predicted molar refractivity (Wildman–Crippen MR) is 104 cm³/mol. The Morgan fingerprint density at radius 1 is 1.24 bits per heavy atom. The minimum absolute atomic E-state index is 0.0226. The van der Waals surface area contributed by atoms with E-state index in [2.05, 4.69) is 10.4 Å². The van der Waals surface area contributed by atoms with Gasteiger partial charge in [0, 0.05) is 37.2 Å². The van der Waals surface area contributed by atoms with Gasteiger partial charge in [-0.1, -0.05) is 12.1 Å². The number of halogens is 1. The molecule has 1 saturated heterocycles. The quantitative estimate of drug-likeness (QED) is 0.724. The first-order valence-corrected chi connectivity index (χ1v) is 9.15. The van der Waals surface area contributed by atoms with Crippen LogP contribution in [0.25, 0.3) is 0 Å². The van der Waals surface area contributed by atoms with Crippen LogP contribution < -0.4 is 10.1 Å². The molecule has 1 aromatic heterocycles. The topological polar surface area (TPSA) is 83.2 Å². The van der Waals surface area contributed by atoms with Gasteiger partial charge in [0.15, 0.2) is 11.6 Å². The Kier molecular flexibility index (Phi) is 5.12. The molecule has 1 fully saturated rings. The smallest absolute Gasteiger partial charge is 0.321 e. The second-order valence-electron chi connectivity index (χ2n) is 6.66. The van der Waals surface area contributed by atoms with Crippen LogP contribution in [0.2, 0.25) is 0 Å². The summed E-state index contributed by atoms with van der Waals surface area (Å²) in [5.41, 5.74) is 0.640. The molecular formula is C21H18FN5O2. The molecule has 146 valence electrons. The number of nitrogens with zero attached hydrogens (tertiary/aromatic N) is 4. The lowest BCUT2D eigenvalue weighted by atomic mass is 10.2. The molecule has 1 N–H and O–H groups in total. The van der Waals surface area contributed by atoms with E-state index in [9.17, 15) is 9.18 Å². The molecule has 2 heterocycles. The van der Waals surface area contributed by atoms with Crippen molar-refractivity contribution in [3.63, 3.8) is 0 Å². The minimum atomic E-state index is -0.633. The van der Waals surface area contributed by atoms with Crippen LogP contribution in [-0.2, 0) is 0 Å². The molecule has 0 spiro atoms. The zero-order chi connectivity index (χ0) is 20.2. The highest BCUT2D eigenvalue weighted by Crippen LogP contribution is 2.29. The van der Waals surface area contributed by atoms with E-state index in [1.54, 1.807) is 41.4 Å². The van der Waals surface area contributed by atoms with Crippen LogP contribution in [0.1, 0.15) is 18.0 Å². The Balaban J connectivity index is 1.41. The summed E-state index contributed by atoms with van der Waals surface area (Å²) >= 11 is 0. The van der Waals surface area contributed by atoms with Crippen molar-refractivity contribution in [1.29, 1.82) is 5.26 Å². The SMILES string of the molecule is N#Cc1ccccc1Oc1ccc(NC(=O)N2CCC(n3cccn3)C2)cc1F. The number of hydrogen-bond acceptors (Lipinski definition) is 4. The number of likely N-dealkylation sites (tertiary alicyclic amines) is 1. The average molecular weight is 391 g/mol. The molecule has 4 rings (SSSR count). The standard InChI is InChI=1S/C21H18FN5O2/c22-18-12-16(6-7-20(18)29-19-5-2-1-4-15(19)13-23)25-21(28)26-11-8-17(14-26)27-10-3-9-24-27/h1-7,9-10,12,17H,8,11,14H2,(H,25,28). The number of anilines is 1. The second-order valence-corrected chi connectivity index (χ2v) is 6.66. The van der Waals surface area contributed by atoms with Gasteiger partial charge in [0.2, 0.25) is 0 Å². The summed E-state index contributed by atoms with van der Waals surface area (Å²) in [4.78, 5) is 14.2. The van der Waals surface area contributed by atoms with E-state index in [1.165, 1.54) is 12.1 Å². The maximum absolute atomic E-state index is 14.5. The second kappa shape index (κ2) is 8.02. The van der Waals surface area contributed by atoms with Crippen molar-refractivity contribution in [2.45, 2.75) is 12.5 Å². The summed E-state index contributed by atoms with van der Waals surface area (Å²) in [7, 11) is 0. The molecule has 3 aromatic rings. The first-order valence-electron chi connectivity index (χ1n) is 9.15. The number of nitriles is 1. The zero-order valence-corrected chi connectivity index (χ0v) is 15.5. The van der Waals surface area contributed by atoms with Gasteiger partial charge in [-0.15, -0.1) is 0 Å². The van der Waals surface area contributed by atoms with E-state index in [4.69, 9.17) is 10.00 Å². The molecule has 1 atom stereocenters. The van der Waals surface area contributed by atoms with Gasteiger partial charge in [0.25, 0.3) is 0 Å². The van der Waals surface area contributed by atoms with Crippen molar-refractivity contribution < 1.29 is 13.9 Å². The fraction of sp³-hybridized carbons (Fsp3) is 0.190. The Bertz CT molecular complexity index is 1060. The van der Waals surface area contributed by atoms with Crippen molar-refractivity contribution >= 4 is 11.7 Å². The highest BCUT2D eigenvalue weighted by Gasteiger charge is 2.27. The number of rotatable bonds is 4. The number of hydrogen-bond donors (Lipinski definition) is 1. The largest absolute Gasteiger partial charge is 0.453 e. The average Bonchev–Trinajstić information content (AvgIpc) is 3.42. The molecule has 1 aliphatic heterocycles. The van der Waals surface area contributed by atoms with Gasteiger partial charge in [-0.2, -0.15) is 10.4 Å². The van der Waals surface area contributed by atoms with Gasteiger partial charge in [0.05, 0.1) is 11.6 Å². The van der Waals surface area contributed by atoms with E-state index in [0.29, 0.717) is 24.3 Å². The van der Waals surface area contributed by atoms with Gasteiger partial charge >= 0.3 is 6.03 Å². The van der Waals surface area contributed by atoms with Crippen molar-refractivity contribution in [2.24, 2.45) is 0 Å². The van der Waals surface area contributed by atoms with Crippen molar-refractivity contribution in [3.8, 4) is 17.6 Å². The molecule has 0 saturated carbocycles. The van der Waals surface area contributed by atoms with E-state index < -0.39 is 5.82 Å². The summed E-state index contributed by atoms with van der Waals surface area (Å²) in [6, 6.07) is 14.5. The van der Waals surface area contributed by atoms with Gasteiger partial charge in [0.1, 0.15) is 11.8 Å². The van der Waals surface area contributed by atoms with E-state index >= 15 is 0 Å². The number of carbonyl (C=O) groups is 1. The van der Waals surface area contributed by atoms with Crippen molar-refractivity contribution in [3.05, 3.63) is 72.3 Å². The monoisotopic (exact) mass is 391 g/mol. The number of ether oxygens (including phenoxy) is 1. The Morgan fingerprint density at radius 3 is 2.86 bits per heavy atom.